The van der Waals surface area contributed by atoms with Crippen LogP contribution in [0.5, 0.6) is 0 Å². The second kappa shape index (κ2) is 5.23. The van der Waals surface area contributed by atoms with E-state index in [0.29, 0.717) is 0 Å². The zero-order valence-electron chi connectivity index (χ0n) is 10.9. The van der Waals surface area contributed by atoms with Crippen molar-refractivity contribution in [2.24, 2.45) is 0 Å². The van der Waals surface area contributed by atoms with Crippen LogP contribution in [-0.4, -0.2) is 23.1 Å². The molecule has 2 aromatic rings. The molecule has 1 aromatic carbocycles. The number of nitrogens with one attached hydrogen (secondary N) is 1. The van der Waals surface area contributed by atoms with E-state index in [-0.39, 0.29) is 0 Å². The van der Waals surface area contributed by atoms with Crippen molar-refractivity contribution in [3.8, 4) is 0 Å². The standard InChI is InChI=1S/C14H17ClN4/c1-16-9-11-3-2-4-12(15)14(11)19-8-7-18-6-5-17-13(18)10-19/h2-6,16H,7-10H2,1H3. The molecule has 2 heterocycles. The van der Waals surface area contributed by atoms with Crippen LogP contribution in [-0.2, 0) is 19.6 Å². The largest absolute Gasteiger partial charge is 0.361 e. The first-order chi connectivity index (χ1) is 9.29. The Morgan fingerprint density at radius 2 is 2.26 bits per heavy atom. The summed E-state index contributed by atoms with van der Waals surface area (Å²) in [5, 5.41) is 4.01. The Bertz CT molecular complexity index is 579. The van der Waals surface area contributed by atoms with Gasteiger partial charge in [0, 0.05) is 32.0 Å². The third-order valence-electron chi connectivity index (χ3n) is 3.50. The van der Waals surface area contributed by atoms with E-state index in [9.17, 15) is 0 Å². The molecule has 0 amide bonds. The molecule has 5 heteroatoms. The molecule has 3 rings (SSSR count). The smallest absolute Gasteiger partial charge is 0.128 e. The Kier molecular flexibility index (Phi) is 3.44. The van der Waals surface area contributed by atoms with Crippen molar-refractivity contribution in [3.05, 3.63) is 47.0 Å². The van der Waals surface area contributed by atoms with Crippen molar-refractivity contribution in [3.63, 3.8) is 0 Å². The first kappa shape index (κ1) is 12.5. The maximum Gasteiger partial charge on any atom is 0.128 e. The lowest BCUT2D eigenvalue weighted by Gasteiger charge is -2.32. The number of hydrogen-bond acceptors (Lipinski definition) is 3. The number of fused-ring (bicyclic) bond motifs is 1. The van der Waals surface area contributed by atoms with Gasteiger partial charge in [0.25, 0.3) is 0 Å². The first-order valence-corrected chi connectivity index (χ1v) is 6.84. The van der Waals surface area contributed by atoms with Gasteiger partial charge < -0.3 is 14.8 Å². The van der Waals surface area contributed by atoms with Crippen LogP contribution in [0.4, 0.5) is 5.69 Å². The van der Waals surface area contributed by atoms with Crippen molar-refractivity contribution in [1.82, 2.24) is 14.9 Å². The quantitative estimate of drug-likeness (QED) is 0.934. The van der Waals surface area contributed by atoms with Crippen LogP contribution in [0.25, 0.3) is 0 Å². The Labute approximate surface area is 118 Å². The van der Waals surface area contributed by atoms with Gasteiger partial charge in [-0.15, -0.1) is 0 Å². The molecule has 0 spiro atoms. The maximum atomic E-state index is 6.40. The fourth-order valence-electron chi connectivity index (χ4n) is 2.61. The molecule has 1 aromatic heterocycles. The molecule has 0 bridgehead atoms. The molecular formula is C14H17ClN4. The summed E-state index contributed by atoms with van der Waals surface area (Å²) < 4.78 is 2.20. The second-order valence-electron chi connectivity index (χ2n) is 4.74. The maximum absolute atomic E-state index is 6.40. The lowest BCUT2D eigenvalue weighted by molar-refractivity contribution is 0.558. The van der Waals surface area contributed by atoms with Crippen LogP contribution in [0.15, 0.2) is 30.6 Å². The Morgan fingerprint density at radius 1 is 1.37 bits per heavy atom. The lowest BCUT2D eigenvalue weighted by atomic mass is 10.1. The van der Waals surface area contributed by atoms with Crippen molar-refractivity contribution in [1.29, 1.82) is 0 Å². The minimum absolute atomic E-state index is 0.813. The van der Waals surface area contributed by atoms with E-state index in [1.807, 2.05) is 31.6 Å². The first-order valence-electron chi connectivity index (χ1n) is 6.46. The molecule has 0 unspecified atom stereocenters. The summed E-state index contributed by atoms with van der Waals surface area (Å²) in [6, 6.07) is 6.08. The number of imidazole rings is 1. The van der Waals surface area contributed by atoms with E-state index in [2.05, 4.69) is 25.8 Å². The summed E-state index contributed by atoms with van der Waals surface area (Å²) in [6.45, 7) is 3.55. The number of para-hydroxylation sites is 1. The molecule has 0 fully saturated rings. The van der Waals surface area contributed by atoms with Gasteiger partial charge in [0.2, 0.25) is 0 Å². The van der Waals surface area contributed by atoms with Gasteiger partial charge >= 0.3 is 0 Å². The molecule has 19 heavy (non-hydrogen) atoms. The van der Waals surface area contributed by atoms with Crippen LogP contribution in [0.1, 0.15) is 11.4 Å². The lowest BCUT2D eigenvalue weighted by Crippen LogP contribution is -2.34. The molecule has 100 valence electrons. The van der Waals surface area contributed by atoms with Gasteiger partial charge in [-0.1, -0.05) is 23.7 Å². The second-order valence-corrected chi connectivity index (χ2v) is 5.14. The van der Waals surface area contributed by atoms with Crippen LogP contribution in [0.3, 0.4) is 0 Å². The summed E-state index contributed by atoms with van der Waals surface area (Å²) in [5.41, 5.74) is 2.36. The number of nitrogens with zero attached hydrogens (tertiary/aromatic N) is 3. The fourth-order valence-corrected chi connectivity index (χ4v) is 2.93. The predicted molar refractivity (Wildman–Crippen MR) is 77.5 cm³/mol. The van der Waals surface area contributed by atoms with Gasteiger partial charge in [-0.25, -0.2) is 4.98 Å². The van der Waals surface area contributed by atoms with Crippen molar-refractivity contribution in [2.75, 3.05) is 18.5 Å². The Hall–Kier alpha value is -1.52. The summed E-state index contributed by atoms with van der Waals surface area (Å²) in [5.74, 6) is 1.10. The van der Waals surface area contributed by atoms with E-state index in [4.69, 9.17) is 11.6 Å². The van der Waals surface area contributed by atoms with E-state index in [1.54, 1.807) is 0 Å². The fraction of sp³-hybridized carbons (Fsp3) is 0.357. The molecule has 0 saturated heterocycles. The van der Waals surface area contributed by atoms with E-state index in [1.165, 1.54) is 5.56 Å². The average molecular weight is 277 g/mol. The minimum Gasteiger partial charge on any atom is -0.361 e. The van der Waals surface area contributed by atoms with Gasteiger partial charge in [-0.05, 0) is 18.7 Å². The van der Waals surface area contributed by atoms with Gasteiger partial charge in [0.15, 0.2) is 0 Å². The van der Waals surface area contributed by atoms with E-state index >= 15 is 0 Å². The molecule has 4 nitrogen and oxygen atoms in total. The number of benzene rings is 1. The SMILES string of the molecule is CNCc1cccc(Cl)c1N1CCn2ccnc2C1. The van der Waals surface area contributed by atoms with Crippen LogP contribution >= 0.6 is 11.6 Å². The molecule has 1 aliphatic heterocycles. The zero-order valence-corrected chi connectivity index (χ0v) is 11.7. The van der Waals surface area contributed by atoms with Gasteiger partial charge in [-0.2, -0.15) is 0 Å². The van der Waals surface area contributed by atoms with Gasteiger partial charge in [0.05, 0.1) is 17.3 Å². The molecule has 0 aliphatic carbocycles. The van der Waals surface area contributed by atoms with Crippen LogP contribution in [0.2, 0.25) is 5.02 Å². The third kappa shape index (κ3) is 2.33. The van der Waals surface area contributed by atoms with Crippen molar-refractivity contribution < 1.29 is 0 Å². The number of halogens is 1. The molecule has 0 radical (unpaired) electrons. The molecule has 1 N–H and O–H groups in total. The van der Waals surface area contributed by atoms with Crippen molar-refractivity contribution >= 4 is 17.3 Å². The third-order valence-corrected chi connectivity index (χ3v) is 3.80. The number of anilines is 1. The minimum atomic E-state index is 0.813. The Morgan fingerprint density at radius 3 is 3.11 bits per heavy atom. The monoisotopic (exact) mass is 276 g/mol. The highest BCUT2D eigenvalue weighted by Gasteiger charge is 2.20. The van der Waals surface area contributed by atoms with Crippen molar-refractivity contribution in [2.45, 2.75) is 19.6 Å². The number of hydrogen-bond donors (Lipinski definition) is 1. The van der Waals surface area contributed by atoms with Gasteiger partial charge in [-0.3, -0.25) is 0 Å². The van der Waals surface area contributed by atoms with Gasteiger partial charge in [0.1, 0.15) is 5.82 Å². The predicted octanol–water partition coefficient (Wildman–Crippen LogP) is 2.28. The summed E-state index contributed by atoms with van der Waals surface area (Å²) >= 11 is 6.40. The van der Waals surface area contributed by atoms with Crippen LogP contribution < -0.4 is 10.2 Å². The Balaban J connectivity index is 1.95. The molecule has 1 aliphatic rings. The van der Waals surface area contributed by atoms with E-state index < -0.39 is 0 Å². The highest BCUT2D eigenvalue weighted by molar-refractivity contribution is 6.33. The average Bonchev–Trinajstić information content (AvgIpc) is 2.86. The summed E-state index contributed by atoms with van der Waals surface area (Å²) in [4.78, 5) is 6.72. The van der Waals surface area contributed by atoms with E-state index in [0.717, 1.165) is 42.7 Å². The highest BCUT2D eigenvalue weighted by Crippen LogP contribution is 2.32. The normalized spacial score (nSPS) is 14.5. The topological polar surface area (TPSA) is 33.1 Å². The number of rotatable bonds is 3. The number of aromatic nitrogens is 2. The van der Waals surface area contributed by atoms with Crippen LogP contribution in [0, 0.1) is 0 Å². The molecular weight excluding hydrogens is 260 g/mol. The molecule has 0 atom stereocenters. The zero-order chi connectivity index (χ0) is 13.2. The summed E-state index contributed by atoms with van der Waals surface area (Å²) in [6.07, 6.45) is 3.90. The molecule has 0 saturated carbocycles. The highest BCUT2D eigenvalue weighted by atomic mass is 35.5. The summed E-state index contributed by atoms with van der Waals surface area (Å²) in [7, 11) is 1.95.